The zero-order valence-corrected chi connectivity index (χ0v) is 27.9. The number of hydrogen-bond donors (Lipinski definition) is 0. The highest BCUT2D eigenvalue weighted by Crippen LogP contribution is 2.32. The third-order valence-electron chi connectivity index (χ3n) is 6.01. The first kappa shape index (κ1) is 37.7. The number of anilines is 2. The van der Waals surface area contributed by atoms with Crippen molar-refractivity contribution < 1.29 is 0 Å². The van der Waals surface area contributed by atoms with Gasteiger partial charge in [-0.3, -0.25) is 0 Å². The standard InChI is InChI=1S/C36H42N2.2C2H6/c1-9-17-31(13-5)37(32(14-6)18-10-2)35-25-21-29(22-26-35)30-23-27-36(28-24-30)38(33(15-7)19-11-3)34(16-8)20-12-4;2*1-2/h9-28H,1,5H2,2-4,6-8H3;2*1-2H3/b18-10-,19-11-,20-12-,31-17+,32-14+,33-15+,34-16+;;. The minimum Gasteiger partial charge on any atom is -0.311 e. The van der Waals surface area contributed by atoms with Crippen LogP contribution in [-0.2, 0) is 0 Å². The summed E-state index contributed by atoms with van der Waals surface area (Å²) in [7, 11) is 0. The fourth-order valence-corrected chi connectivity index (χ4v) is 4.27. The molecule has 224 valence electrons. The number of nitrogens with zero attached hydrogens (tertiary/aromatic N) is 2. The monoisotopic (exact) mass is 562 g/mol. The summed E-state index contributed by atoms with van der Waals surface area (Å²) >= 11 is 0. The SMILES string of the molecule is C=C/C=C(\C=C)N(C(/C=C\C)=C/C)c1ccc(-c2ccc(N(C(/C=C\C)=C/C)C(/C=C\C)=C/C)cc2)cc1.CC.CC. The molecule has 0 saturated heterocycles. The molecule has 0 unspecified atom stereocenters. The number of rotatable bonds is 12. The van der Waals surface area contributed by atoms with Gasteiger partial charge < -0.3 is 9.80 Å². The van der Waals surface area contributed by atoms with Gasteiger partial charge in [0.05, 0.1) is 0 Å². The van der Waals surface area contributed by atoms with Gasteiger partial charge in [-0.25, -0.2) is 0 Å². The van der Waals surface area contributed by atoms with E-state index in [0.29, 0.717) is 0 Å². The molecule has 42 heavy (non-hydrogen) atoms. The molecule has 0 aliphatic heterocycles. The van der Waals surface area contributed by atoms with Crippen molar-refractivity contribution in [3.63, 3.8) is 0 Å². The van der Waals surface area contributed by atoms with E-state index in [1.54, 1.807) is 6.08 Å². The molecule has 0 radical (unpaired) electrons. The van der Waals surface area contributed by atoms with Crippen molar-refractivity contribution in [1.29, 1.82) is 0 Å². The van der Waals surface area contributed by atoms with Gasteiger partial charge in [0.15, 0.2) is 0 Å². The number of benzene rings is 2. The molecule has 0 aliphatic carbocycles. The lowest BCUT2D eigenvalue weighted by Crippen LogP contribution is -2.20. The van der Waals surface area contributed by atoms with Crippen molar-refractivity contribution in [2.24, 2.45) is 0 Å². The Balaban J connectivity index is 0.00000402. The Morgan fingerprint density at radius 2 is 0.810 bits per heavy atom. The van der Waals surface area contributed by atoms with Crippen LogP contribution in [0, 0.1) is 0 Å². The molecule has 2 nitrogen and oxygen atoms in total. The predicted octanol–water partition coefficient (Wildman–Crippen LogP) is 12.7. The van der Waals surface area contributed by atoms with Gasteiger partial charge in [-0.1, -0.05) is 108 Å². The summed E-state index contributed by atoms with van der Waals surface area (Å²) in [6.45, 7) is 28.2. The molecule has 0 aliphatic rings. The Hall–Kier alpha value is -4.30. The van der Waals surface area contributed by atoms with Crippen LogP contribution in [0.15, 0.2) is 157 Å². The van der Waals surface area contributed by atoms with E-state index in [1.165, 1.54) is 5.56 Å². The van der Waals surface area contributed by atoms with Gasteiger partial charge in [0.25, 0.3) is 0 Å². The maximum absolute atomic E-state index is 4.02. The zero-order valence-electron chi connectivity index (χ0n) is 27.9. The summed E-state index contributed by atoms with van der Waals surface area (Å²) in [5, 5.41) is 0. The van der Waals surface area contributed by atoms with Crippen LogP contribution >= 0.6 is 0 Å². The second kappa shape index (κ2) is 22.4. The van der Waals surface area contributed by atoms with Gasteiger partial charge in [-0.05, 0) is 107 Å². The fourth-order valence-electron chi connectivity index (χ4n) is 4.27. The Labute approximate surface area is 258 Å². The molecule has 0 bridgehead atoms. The number of allylic oxidation sites excluding steroid dienone is 12. The summed E-state index contributed by atoms with van der Waals surface area (Å²) in [4.78, 5) is 4.45. The molecule has 0 N–H and O–H groups in total. The van der Waals surface area contributed by atoms with Crippen molar-refractivity contribution in [2.75, 3.05) is 9.80 Å². The van der Waals surface area contributed by atoms with Crippen LogP contribution < -0.4 is 9.80 Å². The van der Waals surface area contributed by atoms with Gasteiger partial charge in [0.2, 0.25) is 0 Å². The van der Waals surface area contributed by atoms with Gasteiger partial charge >= 0.3 is 0 Å². The van der Waals surface area contributed by atoms with Gasteiger partial charge in [-0.2, -0.15) is 0 Å². The minimum atomic E-state index is 0.963. The van der Waals surface area contributed by atoms with Crippen molar-refractivity contribution >= 4 is 11.4 Å². The predicted molar refractivity (Wildman–Crippen MR) is 194 cm³/mol. The smallest absolute Gasteiger partial charge is 0.0461 e. The molecule has 0 atom stereocenters. The average Bonchev–Trinajstić information content (AvgIpc) is 3.05. The van der Waals surface area contributed by atoms with Gasteiger partial charge in [0, 0.05) is 34.2 Å². The molecule has 0 spiro atoms. The first-order valence-corrected chi connectivity index (χ1v) is 15.2. The maximum atomic E-state index is 4.02. The first-order chi connectivity index (χ1) is 20.5. The lowest BCUT2D eigenvalue weighted by atomic mass is 10.0. The van der Waals surface area contributed by atoms with E-state index in [4.69, 9.17) is 0 Å². The molecule has 0 saturated carbocycles. The van der Waals surface area contributed by atoms with E-state index in [9.17, 15) is 0 Å². The molecule has 0 aromatic heterocycles. The van der Waals surface area contributed by atoms with E-state index in [-0.39, 0.29) is 0 Å². The lowest BCUT2D eigenvalue weighted by Gasteiger charge is -2.28. The summed E-state index contributed by atoms with van der Waals surface area (Å²) in [6.07, 6.45) is 24.5. The van der Waals surface area contributed by atoms with Crippen LogP contribution in [0.1, 0.15) is 69.2 Å². The van der Waals surface area contributed by atoms with Crippen LogP contribution in [0.5, 0.6) is 0 Å². The van der Waals surface area contributed by atoms with Crippen LogP contribution in [0.3, 0.4) is 0 Å². The molecule has 2 heteroatoms. The van der Waals surface area contributed by atoms with Crippen LogP contribution in [0.4, 0.5) is 11.4 Å². The topological polar surface area (TPSA) is 6.48 Å². The fraction of sp³-hybridized carbons (Fsp3) is 0.250. The second-order valence-corrected chi connectivity index (χ2v) is 8.44. The van der Waals surface area contributed by atoms with Gasteiger partial charge in [0.1, 0.15) is 0 Å². The van der Waals surface area contributed by atoms with E-state index in [1.807, 2.05) is 73.6 Å². The quantitative estimate of drug-likeness (QED) is 0.237. The Kier molecular flexibility index (Phi) is 20.1. The van der Waals surface area contributed by atoms with Crippen LogP contribution in [0.25, 0.3) is 11.1 Å². The Morgan fingerprint density at radius 3 is 1.05 bits per heavy atom. The highest BCUT2D eigenvalue weighted by molar-refractivity contribution is 5.72. The molecule has 2 aromatic carbocycles. The molecule has 2 rings (SSSR count). The van der Waals surface area contributed by atoms with Gasteiger partial charge in [-0.15, -0.1) is 0 Å². The normalized spacial score (nSPS) is 12.5. The largest absolute Gasteiger partial charge is 0.311 e. The number of hydrogen-bond acceptors (Lipinski definition) is 2. The molecule has 2 aromatic rings. The van der Waals surface area contributed by atoms with E-state index in [2.05, 4.69) is 134 Å². The first-order valence-electron chi connectivity index (χ1n) is 15.2. The average molecular weight is 563 g/mol. The molecular formula is C40H54N2. The Bertz CT molecular complexity index is 1250. The third-order valence-corrected chi connectivity index (χ3v) is 6.01. The summed E-state index contributed by atoms with van der Waals surface area (Å²) in [5.41, 5.74) is 8.78. The van der Waals surface area contributed by atoms with E-state index >= 15 is 0 Å². The summed E-state index contributed by atoms with van der Waals surface area (Å²) in [5.74, 6) is 0. The summed E-state index contributed by atoms with van der Waals surface area (Å²) < 4.78 is 0. The highest BCUT2D eigenvalue weighted by Gasteiger charge is 2.15. The van der Waals surface area contributed by atoms with Crippen molar-refractivity contribution in [3.05, 3.63) is 157 Å². The summed E-state index contributed by atoms with van der Waals surface area (Å²) in [6, 6.07) is 17.4. The lowest BCUT2D eigenvalue weighted by molar-refractivity contribution is 1.13. The minimum absolute atomic E-state index is 0.963. The van der Waals surface area contributed by atoms with Crippen LogP contribution in [0.2, 0.25) is 0 Å². The zero-order chi connectivity index (χ0) is 31.9. The van der Waals surface area contributed by atoms with E-state index < -0.39 is 0 Å². The van der Waals surface area contributed by atoms with E-state index in [0.717, 1.165) is 39.7 Å². The molecule has 0 heterocycles. The molecule has 0 amide bonds. The second-order valence-electron chi connectivity index (χ2n) is 8.44. The maximum Gasteiger partial charge on any atom is 0.0461 e. The van der Waals surface area contributed by atoms with Crippen molar-refractivity contribution in [2.45, 2.75) is 69.2 Å². The van der Waals surface area contributed by atoms with Crippen molar-refractivity contribution in [3.8, 4) is 11.1 Å². The third kappa shape index (κ3) is 10.6. The molecule has 0 fully saturated rings. The highest BCUT2D eigenvalue weighted by atomic mass is 15.2. The van der Waals surface area contributed by atoms with Crippen molar-refractivity contribution in [1.82, 2.24) is 0 Å². The Morgan fingerprint density at radius 1 is 0.500 bits per heavy atom. The molecular weight excluding hydrogens is 508 g/mol. The van der Waals surface area contributed by atoms with Crippen LogP contribution in [-0.4, -0.2) is 0 Å².